The minimum absolute atomic E-state index is 0.217. The Morgan fingerprint density at radius 1 is 1.44 bits per heavy atom. The van der Waals surface area contributed by atoms with Gasteiger partial charge in [-0.3, -0.25) is 0 Å². The molecule has 0 heterocycles. The SMILES string of the molecule is CC1CCCC(O)(Cc2ccc(Br)cc2F)C1C. The molecule has 0 saturated heterocycles. The zero-order valence-corrected chi connectivity index (χ0v) is 12.5. The van der Waals surface area contributed by atoms with Crippen LogP contribution >= 0.6 is 15.9 Å². The second-order valence-electron chi connectivity index (χ2n) is 5.67. The van der Waals surface area contributed by atoms with Crippen molar-refractivity contribution >= 4 is 15.9 Å². The summed E-state index contributed by atoms with van der Waals surface area (Å²) in [7, 11) is 0. The highest BCUT2D eigenvalue weighted by Crippen LogP contribution is 2.40. The van der Waals surface area contributed by atoms with Crippen LogP contribution in [-0.2, 0) is 6.42 Å². The smallest absolute Gasteiger partial charge is 0.127 e. The Kier molecular flexibility index (Phi) is 4.12. The van der Waals surface area contributed by atoms with E-state index in [0.29, 0.717) is 17.9 Å². The first-order chi connectivity index (χ1) is 8.42. The molecule has 3 atom stereocenters. The number of hydrogen-bond donors (Lipinski definition) is 1. The Labute approximate surface area is 117 Å². The van der Waals surface area contributed by atoms with Crippen molar-refractivity contribution in [3.8, 4) is 0 Å². The molecule has 1 nitrogen and oxygen atoms in total. The van der Waals surface area contributed by atoms with Crippen LogP contribution in [0.5, 0.6) is 0 Å². The van der Waals surface area contributed by atoms with Gasteiger partial charge in [-0.25, -0.2) is 4.39 Å². The molecule has 0 spiro atoms. The molecule has 0 bridgehead atoms. The summed E-state index contributed by atoms with van der Waals surface area (Å²) in [4.78, 5) is 0. The zero-order chi connectivity index (χ0) is 13.3. The van der Waals surface area contributed by atoms with Crippen molar-refractivity contribution in [1.82, 2.24) is 0 Å². The summed E-state index contributed by atoms with van der Waals surface area (Å²) in [5.74, 6) is 0.486. The fourth-order valence-electron chi connectivity index (χ4n) is 2.98. The standard InChI is InChI=1S/C15H20BrFO/c1-10-4-3-7-15(18,11(10)2)9-12-5-6-13(16)8-14(12)17/h5-6,8,10-11,18H,3-4,7,9H2,1-2H3. The highest BCUT2D eigenvalue weighted by atomic mass is 79.9. The van der Waals surface area contributed by atoms with Crippen LogP contribution in [0.3, 0.4) is 0 Å². The Hall–Kier alpha value is -0.410. The van der Waals surface area contributed by atoms with Gasteiger partial charge < -0.3 is 5.11 Å². The lowest BCUT2D eigenvalue weighted by molar-refractivity contribution is -0.0625. The summed E-state index contributed by atoms with van der Waals surface area (Å²) >= 11 is 3.25. The maximum absolute atomic E-state index is 13.9. The maximum Gasteiger partial charge on any atom is 0.127 e. The van der Waals surface area contributed by atoms with Gasteiger partial charge in [-0.15, -0.1) is 0 Å². The number of hydrogen-bond acceptors (Lipinski definition) is 1. The van der Waals surface area contributed by atoms with Crippen molar-refractivity contribution in [1.29, 1.82) is 0 Å². The lowest BCUT2D eigenvalue weighted by Crippen LogP contribution is -2.45. The monoisotopic (exact) mass is 314 g/mol. The molecule has 1 aromatic rings. The molecular weight excluding hydrogens is 295 g/mol. The van der Waals surface area contributed by atoms with Crippen LogP contribution in [0, 0.1) is 17.7 Å². The van der Waals surface area contributed by atoms with Crippen LogP contribution in [0.1, 0.15) is 38.7 Å². The van der Waals surface area contributed by atoms with Gasteiger partial charge in [-0.2, -0.15) is 0 Å². The van der Waals surface area contributed by atoms with E-state index in [0.717, 1.165) is 23.7 Å². The molecule has 1 aliphatic rings. The van der Waals surface area contributed by atoms with Crippen molar-refractivity contribution in [3.05, 3.63) is 34.1 Å². The highest BCUT2D eigenvalue weighted by Gasteiger charge is 2.40. The van der Waals surface area contributed by atoms with E-state index < -0.39 is 5.60 Å². The molecule has 1 aromatic carbocycles. The van der Waals surface area contributed by atoms with E-state index in [9.17, 15) is 9.50 Å². The zero-order valence-electron chi connectivity index (χ0n) is 10.9. The first kappa shape index (κ1) is 14.0. The largest absolute Gasteiger partial charge is 0.389 e. The van der Waals surface area contributed by atoms with Crippen molar-refractivity contribution in [2.24, 2.45) is 11.8 Å². The van der Waals surface area contributed by atoms with Crippen LogP contribution in [0.4, 0.5) is 4.39 Å². The lowest BCUT2D eigenvalue weighted by atomic mass is 9.68. The predicted octanol–water partition coefficient (Wildman–Crippen LogP) is 4.32. The quantitative estimate of drug-likeness (QED) is 0.862. The van der Waals surface area contributed by atoms with E-state index in [1.807, 2.05) is 6.07 Å². The van der Waals surface area contributed by atoms with E-state index in [1.54, 1.807) is 6.07 Å². The van der Waals surface area contributed by atoms with Gasteiger partial charge in [0.15, 0.2) is 0 Å². The molecule has 0 radical (unpaired) electrons. The van der Waals surface area contributed by atoms with Gasteiger partial charge >= 0.3 is 0 Å². The molecule has 3 heteroatoms. The summed E-state index contributed by atoms with van der Waals surface area (Å²) in [6.45, 7) is 4.26. The molecule has 1 N–H and O–H groups in total. The number of aliphatic hydroxyl groups is 1. The van der Waals surface area contributed by atoms with Gasteiger partial charge in [0, 0.05) is 10.9 Å². The van der Waals surface area contributed by atoms with Gasteiger partial charge in [0.2, 0.25) is 0 Å². The predicted molar refractivity (Wildman–Crippen MR) is 74.9 cm³/mol. The summed E-state index contributed by atoms with van der Waals surface area (Å²) < 4.78 is 14.6. The first-order valence-corrected chi connectivity index (χ1v) is 7.38. The number of halogens is 2. The summed E-state index contributed by atoms with van der Waals surface area (Å²) in [6, 6.07) is 5.07. The average Bonchev–Trinajstić information content (AvgIpc) is 2.30. The summed E-state index contributed by atoms with van der Waals surface area (Å²) in [5.41, 5.74) is -0.145. The fraction of sp³-hybridized carbons (Fsp3) is 0.600. The molecule has 1 fully saturated rings. The molecule has 0 aliphatic heterocycles. The van der Waals surface area contributed by atoms with Crippen LogP contribution < -0.4 is 0 Å². The third-order valence-electron chi connectivity index (χ3n) is 4.48. The minimum Gasteiger partial charge on any atom is -0.389 e. The van der Waals surface area contributed by atoms with Crippen molar-refractivity contribution < 1.29 is 9.50 Å². The number of benzene rings is 1. The van der Waals surface area contributed by atoms with Gasteiger partial charge in [0.1, 0.15) is 5.82 Å². The fourth-order valence-corrected chi connectivity index (χ4v) is 3.31. The first-order valence-electron chi connectivity index (χ1n) is 6.59. The molecule has 1 saturated carbocycles. The summed E-state index contributed by atoms with van der Waals surface area (Å²) in [5, 5.41) is 10.8. The molecule has 3 unspecified atom stereocenters. The second-order valence-corrected chi connectivity index (χ2v) is 6.59. The third-order valence-corrected chi connectivity index (χ3v) is 4.98. The minimum atomic E-state index is -0.758. The van der Waals surface area contributed by atoms with Crippen molar-refractivity contribution in [3.63, 3.8) is 0 Å². The Balaban J connectivity index is 2.21. The molecule has 0 aromatic heterocycles. The van der Waals surface area contributed by atoms with Crippen molar-refractivity contribution in [2.75, 3.05) is 0 Å². The Morgan fingerprint density at radius 2 is 2.17 bits per heavy atom. The van der Waals surface area contributed by atoms with Crippen LogP contribution in [0.25, 0.3) is 0 Å². The Bertz CT molecular complexity index is 435. The topological polar surface area (TPSA) is 20.2 Å². The molecule has 0 amide bonds. The molecule has 1 aliphatic carbocycles. The summed E-state index contributed by atoms with van der Waals surface area (Å²) in [6.07, 6.45) is 3.37. The van der Waals surface area contributed by atoms with E-state index in [4.69, 9.17) is 0 Å². The van der Waals surface area contributed by atoms with Crippen LogP contribution in [0.2, 0.25) is 0 Å². The number of rotatable bonds is 2. The highest BCUT2D eigenvalue weighted by molar-refractivity contribution is 9.10. The lowest BCUT2D eigenvalue weighted by Gasteiger charge is -2.42. The van der Waals surface area contributed by atoms with E-state index in [2.05, 4.69) is 29.8 Å². The van der Waals surface area contributed by atoms with E-state index in [-0.39, 0.29) is 11.7 Å². The van der Waals surface area contributed by atoms with Crippen LogP contribution in [0.15, 0.2) is 22.7 Å². The second kappa shape index (κ2) is 5.30. The van der Waals surface area contributed by atoms with Crippen LogP contribution in [-0.4, -0.2) is 10.7 Å². The molecule has 18 heavy (non-hydrogen) atoms. The van der Waals surface area contributed by atoms with Gasteiger partial charge in [0.25, 0.3) is 0 Å². The van der Waals surface area contributed by atoms with E-state index >= 15 is 0 Å². The Morgan fingerprint density at radius 3 is 2.83 bits per heavy atom. The molecular formula is C15H20BrFO. The normalized spacial score (nSPS) is 32.5. The van der Waals surface area contributed by atoms with Gasteiger partial charge in [-0.05, 0) is 36.0 Å². The van der Waals surface area contributed by atoms with Gasteiger partial charge in [-0.1, -0.05) is 48.7 Å². The molecule has 100 valence electrons. The molecule has 2 rings (SSSR count). The average molecular weight is 315 g/mol. The van der Waals surface area contributed by atoms with Crippen molar-refractivity contribution in [2.45, 2.75) is 45.1 Å². The third kappa shape index (κ3) is 2.77. The van der Waals surface area contributed by atoms with Gasteiger partial charge in [0.05, 0.1) is 5.60 Å². The maximum atomic E-state index is 13.9. The van der Waals surface area contributed by atoms with E-state index in [1.165, 1.54) is 6.07 Å².